The third-order valence-corrected chi connectivity index (χ3v) is 5.57. The summed E-state index contributed by atoms with van der Waals surface area (Å²) in [6, 6.07) is 13.9. The van der Waals surface area contributed by atoms with Crippen LogP contribution in [0.1, 0.15) is 19.8 Å². The molecule has 0 aliphatic heterocycles. The topological polar surface area (TPSA) is 58.2 Å². The van der Waals surface area contributed by atoms with Crippen LogP contribution in [-0.2, 0) is 10.0 Å². The van der Waals surface area contributed by atoms with Gasteiger partial charge in [0, 0.05) is 18.0 Å². The largest absolute Gasteiger partial charge is 0.313 e. The summed E-state index contributed by atoms with van der Waals surface area (Å²) < 4.78 is 27.6. The van der Waals surface area contributed by atoms with E-state index >= 15 is 0 Å². The van der Waals surface area contributed by atoms with Crippen LogP contribution >= 0.6 is 0 Å². The first-order valence-electron chi connectivity index (χ1n) is 7.29. The van der Waals surface area contributed by atoms with Crippen molar-refractivity contribution in [3.05, 3.63) is 42.5 Å². The van der Waals surface area contributed by atoms with Gasteiger partial charge in [0.25, 0.3) is 0 Å². The molecule has 0 bridgehead atoms. The van der Waals surface area contributed by atoms with Crippen LogP contribution in [0.5, 0.6) is 0 Å². The highest BCUT2D eigenvalue weighted by molar-refractivity contribution is 7.93. The minimum atomic E-state index is -3.39. The summed E-state index contributed by atoms with van der Waals surface area (Å²) in [5.41, 5.74) is 0.645. The molecule has 1 aliphatic rings. The normalized spacial score (nSPS) is 16.8. The molecule has 0 radical (unpaired) electrons. The Bertz CT molecular complexity index is 734. The number of nitrogens with one attached hydrogen (secondary N) is 2. The molecule has 1 fully saturated rings. The molecule has 21 heavy (non-hydrogen) atoms. The van der Waals surface area contributed by atoms with Crippen LogP contribution in [-0.4, -0.2) is 26.3 Å². The third-order valence-electron chi connectivity index (χ3n) is 3.84. The van der Waals surface area contributed by atoms with Gasteiger partial charge >= 0.3 is 0 Å². The lowest BCUT2D eigenvalue weighted by Gasteiger charge is -2.16. The number of fused-ring (bicyclic) bond motifs is 1. The second-order valence-corrected chi connectivity index (χ2v) is 7.77. The van der Waals surface area contributed by atoms with Gasteiger partial charge in [0.2, 0.25) is 10.0 Å². The van der Waals surface area contributed by atoms with Crippen LogP contribution in [0.15, 0.2) is 42.5 Å². The molecular formula is C16H20N2O2S. The molecular weight excluding hydrogens is 284 g/mol. The Balaban J connectivity index is 1.79. The van der Waals surface area contributed by atoms with Gasteiger partial charge < -0.3 is 5.32 Å². The lowest BCUT2D eigenvalue weighted by Crippen LogP contribution is -2.35. The predicted molar refractivity (Wildman–Crippen MR) is 87.0 cm³/mol. The molecule has 0 amide bonds. The van der Waals surface area contributed by atoms with Gasteiger partial charge in [-0.25, -0.2) is 8.42 Å². The summed E-state index contributed by atoms with van der Waals surface area (Å²) in [6.07, 6.45) is 2.31. The molecule has 3 rings (SSSR count). The average Bonchev–Trinajstić information content (AvgIpc) is 3.29. The monoisotopic (exact) mass is 304 g/mol. The van der Waals surface area contributed by atoms with E-state index in [0.717, 1.165) is 23.6 Å². The second-order valence-electron chi connectivity index (χ2n) is 5.67. The summed E-state index contributed by atoms with van der Waals surface area (Å²) in [7, 11) is -3.39. The number of rotatable bonds is 6. The quantitative estimate of drug-likeness (QED) is 0.862. The Morgan fingerprint density at radius 3 is 2.62 bits per heavy atom. The molecule has 0 aromatic heterocycles. The van der Waals surface area contributed by atoms with Gasteiger partial charge in [-0.3, -0.25) is 4.72 Å². The molecule has 112 valence electrons. The number of hydrogen-bond acceptors (Lipinski definition) is 3. The van der Waals surface area contributed by atoms with Gasteiger partial charge in [-0.1, -0.05) is 36.4 Å². The second kappa shape index (κ2) is 5.66. The standard InChI is InChI=1S/C16H20N2O2S/c1-12(11-17-14-9-10-14)21(19,20)18-16-8-4-6-13-5-2-3-7-15(13)16/h2-8,12,14,17-18H,9-11H2,1H3. The van der Waals surface area contributed by atoms with Crippen LogP contribution in [0.3, 0.4) is 0 Å². The lowest BCUT2D eigenvalue weighted by atomic mass is 10.1. The Kier molecular flexibility index (Phi) is 3.87. The van der Waals surface area contributed by atoms with E-state index in [1.807, 2.05) is 36.4 Å². The van der Waals surface area contributed by atoms with Crippen molar-refractivity contribution in [2.24, 2.45) is 0 Å². The fraction of sp³-hybridized carbons (Fsp3) is 0.375. The third kappa shape index (κ3) is 3.36. The van der Waals surface area contributed by atoms with Crippen LogP contribution in [0.4, 0.5) is 5.69 Å². The van der Waals surface area contributed by atoms with Crippen molar-refractivity contribution in [2.45, 2.75) is 31.1 Å². The zero-order valence-electron chi connectivity index (χ0n) is 12.0. The zero-order valence-corrected chi connectivity index (χ0v) is 12.9. The highest BCUT2D eigenvalue weighted by Crippen LogP contribution is 2.25. The summed E-state index contributed by atoms with van der Waals surface area (Å²) in [6.45, 7) is 2.23. The van der Waals surface area contributed by atoms with E-state index in [4.69, 9.17) is 0 Å². The molecule has 2 aromatic carbocycles. The van der Waals surface area contributed by atoms with E-state index in [0.29, 0.717) is 18.3 Å². The SMILES string of the molecule is CC(CNC1CC1)S(=O)(=O)Nc1cccc2ccccc12. The predicted octanol–water partition coefficient (Wildman–Crippen LogP) is 2.72. The van der Waals surface area contributed by atoms with Crippen molar-refractivity contribution >= 4 is 26.5 Å². The molecule has 4 nitrogen and oxygen atoms in total. The molecule has 2 N–H and O–H groups in total. The number of anilines is 1. The van der Waals surface area contributed by atoms with Crippen molar-refractivity contribution in [1.82, 2.24) is 5.32 Å². The van der Waals surface area contributed by atoms with Gasteiger partial charge in [0.05, 0.1) is 10.9 Å². The Labute approximate surface area is 125 Å². The minimum absolute atomic E-state index is 0.461. The molecule has 1 atom stereocenters. The fourth-order valence-electron chi connectivity index (χ4n) is 2.30. The maximum Gasteiger partial charge on any atom is 0.236 e. The van der Waals surface area contributed by atoms with E-state index in [9.17, 15) is 8.42 Å². The van der Waals surface area contributed by atoms with Crippen molar-refractivity contribution in [3.63, 3.8) is 0 Å². The van der Waals surface area contributed by atoms with E-state index < -0.39 is 15.3 Å². The first kappa shape index (κ1) is 14.4. The van der Waals surface area contributed by atoms with Crippen molar-refractivity contribution < 1.29 is 8.42 Å². The number of benzene rings is 2. The number of hydrogen-bond donors (Lipinski definition) is 2. The summed E-state index contributed by atoms with van der Waals surface area (Å²) in [4.78, 5) is 0. The molecule has 5 heteroatoms. The fourth-order valence-corrected chi connectivity index (χ4v) is 3.30. The molecule has 0 heterocycles. The zero-order chi connectivity index (χ0) is 14.9. The maximum absolute atomic E-state index is 12.4. The summed E-state index contributed by atoms with van der Waals surface area (Å²) >= 11 is 0. The first-order valence-corrected chi connectivity index (χ1v) is 8.84. The van der Waals surface area contributed by atoms with E-state index in [2.05, 4.69) is 10.0 Å². The van der Waals surface area contributed by atoms with Gasteiger partial charge in [-0.05, 0) is 31.2 Å². The van der Waals surface area contributed by atoms with E-state index in [1.165, 1.54) is 0 Å². The van der Waals surface area contributed by atoms with Crippen molar-refractivity contribution in [1.29, 1.82) is 0 Å². The van der Waals surface area contributed by atoms with Gasteiger partial charge in [0.1, 0.15) is 0 Å². The highest BCUT2D eigenvalue weighted by Gasteiger charge is 2.26. The summed E-state index contributed by atoms with van der Waals surface area (Å²) in [5, 5.41) is 4.76. The Hall–Kier alpha value is -1.59. The maximum atomic E-state index is 12.4. The molecule has 0 saturated heterocycles. The van der Waals surface area contributed by atoms with Crippen LogP contribution < -0.4 is 10.0 Å². The average molecular weight is 304 g/mol. The summed E-state index contributed by atoms with van der Waals surface area (Å²) in [5.74, 6) is 0. The van der Waals surface area contributed by atoms with Crippen LogP contribution in [0.25, 0.3) is 10.8 Å². The Morgan fingerprint density at radius 2 is 1.86 bits per heavy atom. The van der Waals surface area contributed by atoms with Gasteiger partial charge in [-0.2, -0.15) is 0 Å². The van der Waals surface area contributed by atoms with Crippen molar-refractivity contribution in [2.75, 3.05) is 11.3 Å². The van der Waals surface area contributed by atoms with Gasteiger partial charge in [-0.15, -0.1) is 0 Å². The minimum Gasteiger partial charge on any atom is -0.313 e. The molecule has 1 aliphatic carbocycles. The Morgan fingerprint density at radius 1 is 1.14 bits per heavy atom. The first-order chi connectivity index (χ1) is 10.1. The molecule has 1 unspecified atom stereocenters. The lowest BCUT2D eigenvalue weighted by molar-refractivity contribution is 0.576. The van der Waals surface area contributed by atoms with E-state index in [-0.39, 0.29) is 0 Å². The number of sulfonamides is 1. The van der Waals surface area contributed by atoms with Crippen LogP contribution in [0.2, 0.25) is 0 Å². The molecule has 2 aromatic rings. The highest BCUT2D eigenvalue weighted by atomic mass is 32.2. The smallest absolute Gasteiger partial charge is 0.236 e. The molecule has 1 saturated carbocycles. The van der Waals surface area contributed by atoms with Gasteiger partial charge in [0.15, 0.2) is 0 Å². The van der Waals surface area contributed by atoms with Crippen LogP contribution in [0, 0.1) is 0 Å². The molecule has 0 spiro atoms. The van der Waals surface area contributed by atoms with E-state index in [1.54, 1.807) is 13.0 Å². The van der Waals surface area contributed by atoms with Crippen molar-refractivity contribution in [3.8, 4) is 0 Å².